The van der Waals surface area contributed by atoms with E-state index in [0.717, 1.165) is 0 Å². The van der Waals surface area contributed by atoms with E-state index in [0.29, 0.717) is 29.1 Å². The molecule has 3 rings (SSSR count). The summed E-state index contributed by atoms with van der Waals surface area (Å²) >= 11 is 3.34. The number of para-hydroxylation sites is 2. The number of halogens is 1. The lowest BCUT2D eigenvalue weighted by Gasteiger charge is -2.14. The molecule has 0 spiro atoms. The van der Waals surface area contributed by atoms with Gasteiger partial charge in [0.25, 0.3) is 10.0 Å². The minimum absolute atomic E-state index is 0.0461. The van der Waals surface area contributed by atoms with E-state index in [4.69, 9.17) is 9.47 Å². The molecule has 0 amide bonds. The Morgan fingerprint density at radius 3 is 2.59 bits per heavy atom. The highest BCUT2D eigenvalue weighted by atomic mass is 79.9. The number of ether oxygens (including phenoxy) is 2. The van der Waals surface area contributed by atoms with E-state index in [2.05, 4.69) is 20.7 Å². The second-order valence-corrected chi connectivity index (χ2v) is 7.31. The zero-order valence-electron chi connectivity index (χ0n) is 11.5. The van der Waals surface area contributed by atoms with Gasteiger partial charge in [0.2, 0.25) is 0 Å². The molecule has 1 fully saturated rings. The van der Waals surface area contributed by atoms with E-state index in [1.54, 1.807) is 36.4 Å². The zero-order chi connectivity index (χ0) is 15.6. The molecule has 116 valence electrons. The Bertz CT molecular complexity index is 760. The van der Waals surface area contributed by atoms with Gasteiger partial charge >= 0.3 is 0 Å². The van der Waals surface area contributed by atoms with Crippen molar-refractivity contribution >= 4 is 31.6 Å². The fourth-order valence-corrected chi connectivity index (χ4v) is 3.74. The summed E-state index contributed by atoms with van der Waals surface area (Å²) in [7, 11) is -3.74. The van der Waals surface area contributed by atoms with Crippen LogP contribution in [0.2, 0.25) is 0 Å². The van der Waals surface area contributed by atoms with Crippen molar-refractivity contribution in [2.24, 2.45) is 0 Å². The molecule has 1 aliphatic rings. The molecular weight excluding hydrogens is 370 g/mol. The van der Waals surface area contributed by atoms with Crippen LogP contribution in [0.1, 0.15) is 0 Å². The Hall–Kier alpha value is -1.57. The molecule has 1 atom stereocenters. The lowest BCUT2D eigenvalue weighted by Crippen LogP contribution is -2.15. The second kappa shape index (κ2) is 6.28. The summed E-state index contributed by atoms with van der Waals surface area (Å²) in [5.41, 5.74) is 0.499. The SMILES string of the molecule is O=S(=O)(Nc1ccccc1)c1cccc(Br)c1OCC1CO1. The van der Waals surface area contributed by atoms with E-state index >= 15 is 0 Å². The number of epoxide rings is 1. The Morgan fingerprint density at radius 2 is 1.91 bits per heavy atom. The minimum atomic E-state index is -3.74. The van der Waals surface area contributed by atoms with Crippen LogP contribution in [-0.4, -0.2) is 27.7 Å². The molecule has 2 aromatic carbocycles. The van der Waals surface area contributed by atoms with Crippen LogP contribution < -0.4 is 9.46 Å². The molecule has 1 saturated heterocycles. The summed E-state index contributed by atoms with van der Waals surface area (Å²) in [5.74, 6) is 0.293. The minimum Gasteiger partial charge on any atom is -0.488 e. The predicted octanol–water partition coefficient (Wildman–Crippen LogP) is 3.03. The van der Waals surface area contributed by atoms with Crippen molar-refractivity contribution in [3.05, 3.63) is 53.0 Å². The smallest absolute Gasteiger partial charge is 0.265 e. The molecule has 2 aromatic rings. The van der Waals surface area contributed by atoms with Gasteiger partial charge in [-0.2, -0.15) is 0 Å². The van der Waals surface area contributed by atoms with Crippen molar-refractivity contribution in [2.75, 3.05) is 17.9 Å². The molecular formula is C15H14BrNO4S. The third-order valence-electron chi connectivity index (χ3n) is 3.06. The second-order valence-electron chi connectivity index (χ2n) is 4.80. The maximum Gasteiger partial charge on any atom is 0.265 e. The maximum absolute atomic E-state index is 12.6. The number of benzene rings is 2. The molecule has 22 heavy (non-hydrogen) atoms. The quantitative estimate of drug-likeness (QED) is 0.778. The third kappa shape index (κ3) is 3.60. The molecule has 0 aromatic heterocycles. The first kappa shape index (κ1) is 15.3. The van der Waals surface area contributed by atoms with Crippen LogP contribution in [0.15, 0.2) is 57.9 Å². The summed E-state index contributed by atoms with van der Waals surface area (Å²) in [6, 6.07) is 13.6. The average molecular weight is 384 g/mol. The number of sulfonamides is 1. The van der Waals surface area contributed by atoms with E-state index in [-0.39, 0.29) is 11.0 Å². The summed E-state index contributed by atoms with van der Waals surface area (Å²) in [6.45, 7) is 0.977. The topological polar surface area (TPSA) is 67.9 Å². The molecule has 0 saturated carbocycles. The third-order valence-corrected chi connectivity index (χ3v) is 5.09. The van der Waals surface area contributed by atoms with Crippen LogP contribution in [0.3, 0.4) is 0 Å². The van der Waals surface area contributed by atoms with Gasteiger partial charge in [0.1, 0.15) is 17.6 Å². The standard InChI is InChI=1S/C15H14BrNO4S/c16-13-7-4-8-14(15(13)21-10-12-9-20-12)22(18,19)17-11-5-2-1-3-6-11/h1-8,12,17H,9-10H2. The largest absolute Gasteiger partial charge is 0.488 e. The van der Waals surface area contributed by atoms with Crippen LogP contribution in [-0.2, 0) is 14.8 Å². The number of hydrogen-bond acceptors (Lipinski definition) is 4. The van der Waals surface area contributed by atoms with Crippen molar-refractivity contribution in [3.8, 4) is 5.75 Å². The van der Waals surface area contributed by atoms with Crippen molar-refractivity contribution in [2.45, 2.75) is 11.0 Å². The van der Waals surface area contributed by atoms with Crippen LogP contribution in [0.25, 0.3) is 0 Å². The van der Waals surface area contributed by atoms with E-state index in [9.17, 15) is 8.42 Å². The van der Waals surface area contributed by atoms with Gasteiger partial charge in [-0.15, -0.1) is 0 Å². The molecule has 1 heterocycles. The number of hydrogen-bond donors (Lipinski definition) is 1. The van der Waals surface area contributed by atoms with Gasteiger partial charge < -0.3 is 9.47 Å². The first-order valence-electron chi connectivity index (χ1n) is 6.67. The number of rotatable bonds is 6. The van der Waals surface area contributed by atoms with Crippen molar-refractivity contribution in [1.29, 1.82) is 0 Å². The summed E-state index contributed by atoms with van der Waals surface area (Å²) in [4.78, 5) is 0.0892. The Kier molecular flexibility index (Phi) is 4.37. The molecule has 7 heteroatoms. The Morgan fingerprint density at radius 1 is 1.18 bits per heavy atom. The first-order chi connectivity index (χ1) is 10.6. The van der Waals surface area contributed by atoms with Gasteiger partial charge in [-0.3, -0.25) is 4.72 Å². The number of nitrogens with one attached hydrogen (secondary N) is 1. The van der Waals surface area contributed by atoms with Gasteiger partial charge in [-0.05, 0) is 40.2 Å². The molecule has 1 aliphatic heterocycles. The normalized spacial score (nSPS) is 17.0. The first-order valence-corrected chi connectivity index (χ1v) is 8.95. The van der Waals surface area contributed by atoms with Crippen molar-refractivity contribution < 1.29 is 17.9 Å². The molecule has 5 nitrogen and oxygen atoms in total. The Labute approximate surface area is 137 Å². The van der Waals surface area contributed by atoms with Crippen molar-refractivity contribution in [1.82, 2.24) is 0 Å². The van der Waals surface area contributed by atoms with Gasteiger partial charge in [0.05, 0.1) is 11.1 Å². The zero-order valence-corrected chi connectivity index (χ0v) is 13.9. The summed E-state index contributed by atoms with van der Waals surface area (Å²) in [6.07, 6.45) is 0.0461. The molecule has 1 N–H and O–H groups in total. The van der Waals surface area contributed by atoms with Crippen LogP contribution in [0.4, 0.5) is 5.69 Å². The summed E-state index contributed by atoms with van der Waals surface area (Å²) in [5, 5.41) is 0. The van der Waals surface area contributed by atoms with Crippen molar-refractivity contribution in [3.63, 3.8) is 0 Å². The van der Waals surface area contributed by atoms with Crippen LogP contribution in [0, 0.1) is 0 Å². The predicted molar refractivity (Wildman–Crippen MR) is 86.6 cm³/mol. The van der Waals surface area contributed by atoms with E-state index in [1.165, 1.54) is 6.07 Å². The maximum atomic E-state index is 12.6. The fourth-order valence-electron chi connectivity index (χ4n) is 1.90. The molecule has 0 bridgehead atoms. The lowest BCUT2D eigenvalue weighted by atomic mass is 10.3. The fraction of sp³-hybridized carbons (Fsp3) is 0.200. The highest BCUT2D eigenvalue weighted by Gasteiger charge is 2.26. The monoisotopic (exact) mass is 383 g/mol. The Balaban J connectivity index is 1.90. The summed E-state index contributed by atoms with van der Waals surface area (Å²) < 4.78 is 39.0. The molecule has 0 aliphatic carbocycles. The average Bonchev–Trinajstić information content (AvgIpc) is 3.30. The van der Waals surface area contributed by atoms with Crippen LogP contribution >= 0.6 is 15.9 Å². The van der Waals surface area contributed by atoms with Gasteiger partial charge in [-0.25, -0.2) is 8.42 Å². The van der Waals surface area contributed by atoms with E-state index < -0.39 is 10.0 Å². The van der Waals surface area contributed by atoms with E-state index in [1.807, 2.05) is 6.07 Å². The van der Waals surface area contributed by atoms with Gasteiger partial charge in [0.15, 0.2) is 5.75 Å². The van der Waals surface area contributed by atoms with Gasteiger partial charge in [0, 0.05) is 5.69 Å². The lowest BCUT2D eigenvalue weighted by molar-refractivity contribution is 0.256. The van der Waals surface area contributed by atoms with Crippen LogP contribution in [0.5, 0.6) is 5.75 Å². The highest BCUT2D eigenvalue weighted by Crippen LogP contribution is 2.34. The number of anilines is 1. The van der Waals surface area contributed by atoms with Gasteiger partial charge in [-0.1, -0.05) is 24.3 Å². The highest BCUT2D eigenvalue weighted by molar-refractivity contribution is 9.10. The molecule has 1 unspecified atom stereocenters. The molecule has 0 radical (unpaired) electrons.